The van der Waals surface area contributed by atoms with Gasteiger partial charge in [0.05, 0.1) is 5.56 Å². The second-order valence-electron chi connectivity index (χ2n) is 7.42. The average Bonchev–Trinajstić information content (AvgIpc) is 3.08. The lowest BCUT2D eigenvalue weighted by atomic mass is 10.0. The van der Waals surface area contributed by atoms with Crippen LogP contribution in [0.25, 0.3) is 6.08 Å². The van der Waals surface area contributed by atoms with Crippen molar-refractivity contribution in [2.75, 3.05) is 0 Å². The fourth-order valence-corrected chi connectivity index (χ4v) is 3.61. The van der Waals surface area contributed by atoms with Crippen LogP contribution in [0, 0.1) is 5.82 Å². The zero-order valence-electron chi connectivity index (χ0n) is 16.8. The first-order chi connectivity index (χ1) is 15.1. The molecule has 0 saturated carbocycles. The van der Waals surface area contributed by atoms with Gasteiger partial charge in [-0.05, 0) is 48.9 Å². The highest BCUT2D eigenvalue weighted by Gasteiger charge is 2.29. The van der Waals surface area contributed by atoms with Gasteiger partial charge in [-0.25, -0.2) is 4.39 Å². The lowest BCUT2D eigenvalue weighted by molar-refractivity contribution is 0.101. The zero-order chi connectivity index (χ0) is 21.4. The minimum atomic E-state index is -0.320. The van der Waals surface area contributed by atoms with Gasteiger partial charge in [-0.1, -0.05) is 36.4 Å². The molecule has 0 unspecified atom stereocenters. The molecule has 0 saturated heterocycles. The van der Waals surface area contributed by atoms with Crippen LogP contribution in [0.4, 0.5) is 4.39 Å². The molecule has 0 fully saturated rings. The van der Waals surface area contributed by atoms with Crippen LogP contribution in [0.5, 0.6) is 17.2 Å². The average molecular weight is 414 g/mol. The molecular weight excluding hydrogens is 395 g/mol. The van der Waals surface area contributed by atoms with Gasteiger partial charge in [0.2, 0.25) is 5.78 Å². The number of hydrogen-bond donors (Lipinski definition) is 0. The van der Waals surface area contributed by atoms with Gasteiger partial charge in [0.1, 0.15) is 35.8 Å². The van der Waals surface area contributed by atoms with Crippen molar-refractivity contribution in [3.05, 3.63) is 107 Å². The zero-order valence-corrected chi connectivity index (χ0v) is 16.8. The lowest BCUT2D eigenvalue weighted by Crippen LogP contribution is -2.18. The van der Waals surface area contributed by atoms with E-state index in [-0.39, 0.29) is 30.1 Å². The predicted molar refractivity (Wildman–Crippen MR) is 115 cm³/mol. The summed E-state index contributed by atoms with van der Waals surface area (Å²) in [6.45, 7) is 2.02. The summed E-state index contributed by atoms with van der Waals surface area (Å²) in [5.41, 5.74) is 2.74. The number of carbonyl (C=O) groups is 1. The maximum absolute atomic E-state index is 13.8. The Kier molecular flexibility index (Phi) is 4.79. The fourth-order valence-electron chi connectivity index (χ4n) is 3.61. The number of allylic oxidation sites excluding steroid dienone is 1. The summed E-state index contributed by atoms with van der Waals surface area (Å²) in [5.74, 6) is 1.46. The van der Waals surface area contributed by atoms with E-state index < -0.39 is 0 Å². The molecule has 0 bridgehead atoms. The van der Waals surface area contributed by atoms with Crippen LogP contribution in [0.3, 0.4) is 0 Å². The number of carbonyl (C=O) groups excluding carboxylic acids is 1. The Morgan fingerprint density at radius 2 is 1.84 bits per heavy atom. The summed E-state index contributed by atoms with van der Waals surface area (Å²) >= 11 is 0. The molecule has 3 aromatic carbocycles. The quantitative estimate of drug-likeness (QED) is 0.512. The standard InChI is InChI=1S/C26H19FO4/c1-16-19(12-17-6-3-5-9-23(17)30-16)13-25-26(28)21-11-10-20(14-24(21)31-25)29-15-18-7-2-4-8-22(18)27/h2-14,16H,15H2,1H3/b25-13+/t16-/m1/s1. The lowest BCUT2D eigenvalue weighted by Gasteiger charge is -2.22. The summed E-state index contributed by atoms with van der Waals surface area (Å²) in [7, 11) is 0. The molecule has 154 valence electrons. The van der Waals surface area contributed by atoms with E-state index in [0.717, 1.165) is 16.9 Å². The number of fused-ring (bicyclic) bond motifs is 2. The van der Waals surface area contributed by atoms with Crippen molar-refractivity contribution in [2.24, 2.45) is 0 Å². The van der Waals surface area contributed by atoms with Crippen molar-refractivity contribution < 1.29 is 23.4 Å². The molecule has 2 heterocycles. The van der Waals surface area contributed by atoms with Gasteiger partial charge in [-0.2, -0.15) is 0 Å². The molecule has 0 amide bonds. The molecule has 5 rings (SSSR count). The van der Waals surface area contributed by atoms with E-state index in [1.807, 2.05) is 37.3 Å². The number of para-hydroxylation sites is 1. The second kappa shape index (κ2) is 7.76. The van der Waals surface area contributed by atoms with Gasteiger partial charge in [0.15, 0.2) is 5.76 Å². The number of benzene rings is 3. The summed E-state index contributed by atoms with van der Waals surface area (Å²) < 4.78 is 31.3. The van der Waals surface area contributed by atoms with E-state index in [2.05, 4.69) is 0 Å². The van der Waals surface area contributed by atoms with Crippen LogP contribution in [0.1, 0.15) is 28.4 Å². The molecule has 1 atom stereocenters. The first kappa shape index (κ1) is 19.1. The van der Waals surface area contributed by atoms with Gasteiger partial charge in [-0.15, -0.1) is 0 Å². The topological polar surface area (TPSA) is 44.8 Å². The van der Waals surface area contributed by atoms with Gasteiger partial charge in [0, 0.05) is 17.2 Å². The third-order valence-electron chi connectivity index (χ3n) is 5.31. The van der Waals surface area contributed by atoms with E-state index in [9.17, 15) is 9.18 Å². The third-order valence-corrected chi connectivity index (χ3v) is 5.31. The van der Waals surface area contributed by atoms with Gasteiger partial charge in [0.25, 0.3) is 0 Å². The third kappa shape index (κ3) is 3.70. The van der Waals surface area contributed by atoms with E-state index in [0.29, 0.717) is 22.6 Å². The van der Waals surface area contributed by atoms with Crippen LogP contribution in [0.15, 0.2) is 84.1 Å². The molecular formula is C26H19FO4. The highest BCUT2D eigenvalue weighted by Crippen LogP contribution is 2.36. The Hall–Kier alpha value is -3.86. The molecule has 0 radical (unpaired) electrons. The summed E-state index contributed by atoms with van der Waals surface area (Å²) in [5, 5.41) is 0. The first-order valence-corrected chi connectivity index (χ1v) is 10.0. The van der Waals surface area contributed by atoms with Crippen molar-refractivity contribution >= 4 is 11.9 Å². The smallest absolute Gasteiger partial charge is 0.231 e. The van der Waals surface area contributed by atoms with E-state index >= 15 is 0 Å². The normalized spacial score (nSPS) is 18.0. The molecule has 31 heavy (non-hydrogen) atoms. The summed E-state index contributed by atoms with van der Waals surface area (Å²) in [6, 6.07) is 19.2. The predicted octanol–water partition coefficient (Wildman–Crippen LogP) is 5.73. The van der Waals surface area contributed by atoms with Gasteiger partial charge >= 0.3 is 0 Å². The monoisotopic (exact) mass is 414 g/mol. The first-order valence-electron chi connectivity index (χ1n) is 10.0. The Labute approximate surface area is 179 Å². The number of ketones is 1. The van der Waals surface area contributed by atoms with Crippen molar-refractivity contribution in [1.29, 1.82) is 0 Å². The number of Topliss-reactive ketones (excluding diaryl/α,β-unsaturated/α-hetero) is 1. The van der Waals surface area contributed by atoms with Gasteiger partial charge in [-0.3, -0.25) is 4.79 Å². The molecule has 3 aromatic rings. The number of halogens is 1. The Morgan fingerprint density at radius 3 is 2.71 bits per heavy atom. The largest absolute Gasteiger partial charge is 0.489 e. The van der Waals surface area contributed by atoms with Crippen LogP contribution in [0.2, 0.25) is 0 Å². The minimum Gasteiger partial charge on any atom is -0.489 e. The van der Waals surface area contributed by atoms with Crippen molar-refractivity contribution in [3.63, 3.8) is 0 Å². The second-order valence-corrected chi connectivity index (χ2v) is 7.42. The molecule has 5 heteroatoms. The van der Waals surface area contributed by atoms with Gasteiger partial charge < -0.3 is 14.2 Å². The summed E-state index contributed by atoms with van der Waals surface area (Å²) in [6.07, 6.45) is 3.52. The molecule has 0 spiro atoms. The highest BCUT2D eigenvalue weighted by molar-refractivity contribution is 6.12. The Bertz CT molecular complexity index is 1240. The molecule has 0 N–H and O–H groups in total. The van der Waals surface area contributed by atoms with Crippen molar-refractivity contribution in [1.82, 2.24) is 0 Å². The fraction of sp³-hybridized carbons (Fsp3) is 0.115. The molecule has 0 aromatic heterocycles. The molecule has 4 nitrogen and oxygen atoms in total. The van der Waals surface area contributed by atoms with Crippen LogP contribution < -0.4 is 14.2 Å². The van der Waals surface area contributed by atoms with Crippen molar-refractivity contribution in [2.45, 2.75) is 19.6 Å². The molecule has 0 aliphatic carbocycles. The maximum Gasteiger partial charge on any atom is 0.231 e. The van der Waals surface area contributed by atoms with E-state index in [4.69, 9.17) is 14.2 Å². The minimum absolute atomic E-state index is 0.0866. The number of ether oxygens (including phenoxy) is 3. The number of rotatable bonds is 4. The van der Waals surface area contributed by atoms with Crippen LogP contribution >= 0.6 is 0 Å². The van der Waals surface area contributed by atoms with E-state index in [1.54, 1.807) is 42.5 Å². The van der Waals surface area contributed by atoms with Crippen LogP contribution in [-0.4, -0.2) is 11.9 Å². The highest BCUT2D eigenvalue weighted by atomic mass is 19.1. The molecule has 2 aliphatic heterocycles. The van der Waals surface area contributed by atoms with E-state index in [1.165, 1.54) is 6.07 Å². The van der Waals surface area contributed by atoms with Crippen LogP contribution in [-0.2, 0) is 6.61 Å². The summed E-state index contributed by atoms with van der Waals surface area (Å²) in [4.78, 5) is 12.8. The SMILES string of the molecule is C[C@H]1Oc2ccccc2C=C1/C=C1/Oc2cc(OCc3ccccc3F)ccc2C1=O. The maximum atomic E-state index is 13.8. The Balaban J connectivity index is 1.36. The van der Waals surface area contributed by atoms with Crippen molar-refractivity contribution in [3.8, 4) is 17.2 Å². The Morgan fingerprint density at radius 1 is 1.03 bits per heavy atom. The molecule has 2 aliphatic rings. The number of hydrogen-bond acceptors (Lipinski definition) is 4.